The number of carbonyl (C=O) groups excluding carboxylic acids is 2. The largest absolute Gasteiger partial charge is 0.507 e. The van der Waals surface area contributed by atoms with Crippen LogP contribution in [0.5, 0.6) is 11.5 Å². The summed E-state index contributed by atoms with van der Waals surface area (Å²) in [5.41, 5.74) is 3.99. The third-order valence-electron chi connectivity index (χ3n) is 4.13. The number of benzene rings is 3. The number of phenols is 1. The molecular weight excluding hydrogens is 406 g/mol. The number of halogens is 1. The predicted octanol–water partition coefficient (Wildman–Crippen LogP) is 4.07. The number of rotatable bonds is 6. The minimum Gasteiger partial charge on any atom is -0.507 e. The fourth-order valence-electron chi connectivity index (χ4n) is 2.54. The minimum absolute atomic E-state index is 0.00686. The van der Waals surface area contributed by atoms with Crippen molar-refractivity contribution in [1.82, 2.24) is 5.43 Å². The van der Waals surface area contributed by atoms with Crippen LogP contribution in [0.15, 0.2) is 71.8 Å². The van der Waals surface area contributed by atoms with Crippen LogP contribution in [0.2, 0.25) is 5.02 Å². The second-order valence-corrected chi connectivity index (χ2v) is 6.54. The van der Waals surface area contributed by atoms with Gasteiger partial charge in [-0.05, 0) is 54.6 Å². The number of phenolic OH excluding ortho intramolecular Hbond substituents is 1. The number of anilines is 1. The maximum atomic E-state index is 12.3. The van der Waals surface area contributed by atoms with Crippen LogP contribution in [0, 0.1) is 0 Å². The molecule has 0 unspecified atom stereocenters. The number of nitrogens with one attached hydrogen (secondary N) is 2. The molecule has 0 radical (unpaired) electrons. The summed E-state index contributed by atoms with van der Waals surface area (Å²) in [4.78, 5) is 24.5. The number of methoxy groups -OCH3 is 1. The van der Waals surface area contributed by atoms with E-state index in [4.69, 9.17) is 16.3 Å². The van der Waals surface area contributed by atoms with Crippen molar-refractivity contribution >= 4 is 35.3 Å². The normalized spacial score (nSPS) is 10.6. The molecule has 7 nitrogen and oxygen atoms in total. The van der Waals surface area contributed by atoms with E-state index in [2.05, 4.69) is 15.8 Å². The molecule has 0 heterocycles. The molecule has 0 bridgehead atoms. The highest BCUT2D eigenvalue weighted by atomic mass is 35.5. The smallest absolute Gasteiger partial charge is 0.271 e. The highest BCUT2D eigenvalue weighted by molar-refractivity contribution is 6.34. The number of nitrogens with zero attached hydrogens (tertiary/aromatic N) is 1. The fourth-order valence-corrected chi connectivity index (χ4v) is 2.76. The Morgan fingerprint density at radius 1 is 1.03 bits per heavy atom. The van der Waals surface area contributed by atoms with Gasteiger partial charge in [-0.3, -0.25) is 9.59 Å². The van der Waals surface area contributed by atoms with E-state index in [0.29, 0.717) is 33.1 Å². The molecule has 0 saturated carbocycles. The van der Waals surface area contributed by atoms with E-state index in [1.807, 2.05) is 0 Å². The molecular formula is C22H18ClN3O4. The van der Waals surface area contributed by atoms with E-state index >= 15 is 0 Å². The average molecular weight is 424 g/mol. The molecule has 0 spiro atoms. The van der Waals surface area contributed by atoms with Gasteiger partial charge in [-0.1, -0.05) is 23.7 Å². The average Bonchev–Trinajstić information content (AvgIpc) is 2.75. The van der Waals surface area contributed by atoms with Gasteiger partial charge in [0, 0.05) is 16.8 Å². The van der Waals surface area contributed by atoms with Gasteiger partial charge < -0.3 is 15.2 Å². The van der Waals surface area contributed by atoms with Crippen molar-refractivity contribution in [3.05, 3.63) is 88.4 Å². The van der Waals surface area contributed by atoms with E-state index in [9.17, 15) is 14.7 Å². The van der Waals surface area contributed by atoms with Crippen molar-refractivity contribution in [3.63, 3.8) is 0 Å². The molecule has 0 aromatic heterocycles. The quantitative estimate of drug-likeness (QED) is 0.411. The molecule has 0 saturated heterocycles. The second kappa shape index (κ2) is 9.58. The lowest BCUT2D eigenvalue weighted by Crippen LogP contribution is -2.18. The van der Waals surface area contributed by atoms with Crippen molar-refractivity contribution in [2.45, 2.75) is 0 Å². The first-order chi connectivity index (χ1) is 14.5. The molecule has 3 N–H and O–H groups in total. The van der Waals surface area contributed by atoms with Gasteiger partial charge in [0.05, 0.1) is 23.9 Å². The third kappa shape index (κ3) is 5.15. The minimum atomic E-state index is -0.447. The highest BCUT2D eigenvalue weighted by Gasteiger charge is 2.10. The third-order valence-corrected chi connectivity index (χ3v) is 4.46. The van der Waals surface area contributed by atoms with Crippen LogP contribution in [-0.2, 0) is 0 Å². The molecule has 0 aliphatic carbocycles. The zero-order chi connectivity index (χ0) is 21.5. The van der Waals surface area contributed by atoms with Gasteiger partial charge in [0.2, 0.25) is 0 Å². The van der Waals surface area contributed by atoms with Crippen LogP contribution in [0.1, 0.15) is 26.3 Å². The second-order valence-electron chi connectivity index (χ2n) is 6.14. The first kappa shape index (κ1) is 20.9. The number of hydrogen-bond acceptors (Lipinski definition) is 5. The summed E-state index contributed by atoms with van der Waals surface area (Å²) < 4.78 is 5.08. The van der Waals surface area contributed by atoms with Gasteiger partial charge in [0.25, 0.3) is 11.8 Å². The number of carbonyl (C=O) groups is 2. The van der Waals surface area contributed by atoms with Crippen LogP contribution in [0.25, 0.3) is 0 Å². The van der Waals surface area contributed by atoms with Crippen LogP contribution < -0.4 is 15.5 Å². The van der Waals surface area contributed by atoms with Gasteiger partial charge in [-0.2, -0.15) is 5.10 Å². The molecule has 152 valence electrons. The summed E-state index contributed by atoms with van der Waals surface area (Å²) in [6.07, 6.45) is 1.31. The highest BCUT2D eigenvalue weighted by Crippen LogP contribution is 2.21. The molecule has 3 rings (SSSR count). The Kier molecular flexibility index (Phi) is 6.67. The van der Waals surface area contributed by atoms with E-state index in [1.54, 1.807) is 60.7 Å². The zero-order valence-corrected chi connectivity index (χ0v) is 16.7. The van der Waals surface area contributed by atoms with Gasteiger partial charge >= 0.3 is 0 Å². The number of hydrogen-bond donors (Lipinski definition) is 3. The molecule has 8 heteroatoms. The van der Waals surface area contributed by atoms with Crippen LogP contribution in [0.4, 0.5) is 5.69 Å². The summed E-state index contributed by atoms with van der Waals surface area (Å²) >= 11 is 6.02. The monoisotopic (exact) mass is 423 g/mol. The van der Waals surface area contributed by atoms with E-state index in [-0.39, 0.29) is 11.7 Å². The van der Waals surface area contributed by atoms with Gasteiger partial charge in [0.15, 0.2) is 0 Å². The molecule has 3 aromatic rings. The standard InChI is InChI=1S/C22H18ClN3O4/c1-30-17-10-11-20(27)15(12-17)13-24-26-21(28)14-6-8-16(9-7-14)25-22(29)18-4-2-3-5-19(18)23/h2-13,27H,1H3,(H,25,29)(H,26,28)/b24-13+. The molecule has 2 amide bonds. The summed E-state index contributed by atoms with van der Waals surface area (Å²) in [5, 5.41) is 16.7. The Morgan fingerprint density at radius 2 is 1.77 bits per heavy atom. The van der Waals surface area contributed by atoms with Gasteiger partial charge in [-0.25, -0.2) is 5.43 Å². The summed E-state index contributed by atoms with van der Waals surface area (Å²) in [5.74, 6) is -0.236. The Labute approximate surface area is 178 Å². The van der Waals surface area contributed by atoms with E-state index in [0.717, 1.165) is 0 Å². The summed E-state index contributed by atoms with van der Waals surface area (Å²) in [7, 11) is 1.51. The molecule has 0 fully saturated rings. The predicted molar refractivity (Wildman–Crippen MR) is 116 cm³/mol. The lowest BCUT2D eigenvalue weighted by atomic mass is 10.1. The number of hydrazone groups is 1. The van der Waals surface area contributed by atoms with E-state index in [1.165, 1.54) is 19.4 Å². The summed E-state index contributed by atoms with van der Waals surface area (Å²) in [6, 6.07) is 17.7. The van der Waals surface area contributed by atoms with Crippen molar-refractivity contribution in [1.29, 1.82) is 0 Å². The van der Waals surface area contributed by atoms with Crippen LogP contribution in [0.3, 0.4) is 0 Å². The molecule has 0 atom stereocenters. The van der Waals surface area contributed by atoms with Crippen molar-refractivity contribution in [2.24, 2.45) is 5.10 Å². The topological polar surface area (TPSA) is 100 Å². The van der Waals surface area contributed by atoms with Crippen molar-refractivity contribution < 1.29 is 19.4 Å². The molecule has 30 heavy (non-hydrogen) atoms. The van der Waals surface area contributed by atoms with Gasteiger partial charge in [-0.15, -0.1) is 0 Å². The van der Waals surface area contributed by atoms with Crippen molar-refractivity contribution in [3.8, 4) is 11.5 Å². The van der Waals surface area contributed by atoms with E-state index < -0.39 is 5.91 Å². The number of aromatic hydroxyl groups is 1. The lowest BCUT2D eigenvalue weighted by molar-refractivity contribution is 0.0954. The maximum Gasteiger partial charge on any atom is 0.271 e. The van der Waals surface area contributed by atoms with Crippen LogP contribution in [-0.4, -0.2) is 30.2 Å². The van der Waals surface area contributed by atoms with Crippen molar-refractivity contribution in [2.75, 3.05) is 12.4 Å². The SMILES string of the molecule is COc1ccc(O)c(/C=N/NC(=O)c2ccc(NC(=O)c3ccccc3Cl)cc2)c1. The number of ether oxygens (including phenoxy) is 1. The molecule has 3 aromatic carbocycles. The fraction of sp³-hybridized carbons (Fsp3) is 0.0455. The summed E-state index contributed by atoms with van der Waals surface area (Å²) in [6.45, 7) is 0. The molecule has 0 aliphatic rings. The van der Waals surface area contributed by atoms with Crippen LogP contribution >= 0.6 is 11.6 Å². The lowest BCUT2D eigenvalue weighted by Gasteiger charge is -2.07. The number of amides is 2. The Hall–Kier alpha value is -3.84. The molecule has 0 aliphatic heterocycles. The zero-order valence-electron chi connectivity index (χ0n) is 15.9. The first-order valence-corrected chi connectivity index (χ1v) is 9.22. The Balaban J connectivity index is 1.61. The van der Waals surface area contributed by atoms with Gasteiger partial charge in [0.1, 0.15) is 11.5 Å². The Morgan fingerprint density at radius 3 is 2.47 bits per heavy atom. The Bertz CT molecular complexity index is 1100. The maximum absolute atomic E-state index is 12.3. The first-order valence-electron chi connectivity index (χ1n) is 8.84.